The van der Waals surface area contributed by atoms with Crippen LogP contribution in [0.2, 0.25) is 0 Å². The Balaban J connectivity index is 2.09. The molecule has 0 radical (unpaired) electrons. The van der Waals surface area contributed by atoms with Gasteiger partial charge in [-0.3, -0.25) is 9.78 Å². The number of amides is 1. The first-order chi connectivity index (χ1) is 7.18. The topological polar surface area (TPSA) is 58.1 Å². The van der Waals surface area contributed by atoms with E-state index in [9.17, 15) is 4.79 Å². The summed E-state index contributed by atoms with van der Waals surface area (Å²) in [6.45, 7) is 3.57. The average molecular weight is 206 g/mol. The van der Waals surface area contributed by atoms with Crippen molar-refractivity contribution in [3.05, 3.63) is 23.8 Å². The van der Waals surface area contributed by atoms with Crippen LogP contribution >= 0.6 is 0 Å². The van der Waals surface area contributed by atoms with Crippen LogP contribution in [0.3, 0.4) is 0 Å². The van der Waals surface area contributed by atoms with Crippen molar-refractivity contribution < 1.29 is 4.79 Å². The first-order valence-corrected chi connectivity index (χ1v) is 4.95. The number of carbonyl (C=O) groups excluding carboxylic acids is 1. The van der Waals surface area contributed by atoms with Gasteiger partial charge < -0.3 is 10.2 Å². The van der Waals surface area contributed by atoms with E-state index in [2.05, 4.69) is 15.3 Å². The van der Waals surface area contributed by atoms with E-state index < -0.39 is 0 Å². The van der Waals surface area contributed by atoms with Crippen LogP contribution in [-0.2, 0) is 0 Å². The molecule has 1 saturated heterocycles. The molecule has 1 aliphatic rings. The molecule has 0 aromatic carbocycles. The van der Waals surface area contributed by atoms with Crippen LogP contribution in [0.25, 0.3) is 0 Å². The lowest BCUT2D eigenvalue weighted by Gasteiger charge is -2.35. The Bertz CT molecular complexity index is 358. The highest BCUT2D eigenvalue weighted by atomic mass is 16.2. The fourth-order valence-corrected chi connectivity index (χ4v) is 1.40. The van der Waals surface area contributed by atoms with Crippen LogP contribution in [0.4, 0.5) is 0 Å². The molecular formula is C10H14N4O. The van der Waals surface area contributed by atoms with E-state index in [0.29, 0.717) is 11.7 Å². The van der Waals surface area contributed by atoms with Gasteiger partial charge in [0.15, 0.2) is 0 Å². The zero-order chi connectivity index (χ0) is 10.8. The van der Waals surface area contributed by atoms with Gasteiger partial charge in [0.1, 0.15) is 5.69 Å². The summed E-state index contributed by atoms with van der Waals surface area (Å²) >= 11 is 0. The van der Waals surface area contributed by atoms with Gasteiger partial charge in [-0.1, -0.05) is 0 Å². The minimum atomic E-state index is -0.0611. The summed E-state index contributed by atoms with van der Waals surface area (Å²) in [5.41, 5.74) is 1.23. The van der Waals surface area contributed by atoms with Crippen molar-refractivity contribution in [1.29, 1.82) is 0 Å². The molecule has 2 rings (SSSR count). The van der Waals surface area contributed by atoms with Crippen LogP contribution in [-0.4, -0.2) is 47.0 Å². The molecule has 0 aliphatic carbocycles. The molecule has 5 heteroatoms. The zero-order valence-corrected chi connectivity index (χ0v) is 8.90. The first kappa shape index (κ1) is 10.0. The third kappa shape index (κ3) is 1.97. The van der Waals surface area contributed by atoms with Crippen LogP contribution < -0.4 is 5.32 Å². The summed E-state index contributed by atoms with van der Waals surface area (Å²) in [6, 6.07) is 0.292. The number of hydrogen-bond donors (Lipinski definition) is 1. The quantitative estimate of drug-likeness (QED) is 0.730. The maximum Gasteiger partial charge on any atom is 0.274 e. The van der Waals surface area contributed by atoms with Gasteiger partial charge in [-0.05, 0) is 6.92 Å². The number of carbonyl (C=O) groups is 1. The maximum absolute atomic E-state index is 11.9. The Morgan fingerprint density at radius 2 is 2.20 bits per heavy atom. The highest BCUT2D eigenvalue weighted by Crippen LogP contribution is 2.06. The van der Waals surface area contributed by atoms with Gasteiger partial charge in [-0.2, -0.15) is 0 Å². The van der Waals surface area contributed by atoms with Crippen molar-refractivity contribution in [1.82, 2.24) is 20.2 Å². The molecule has 0 spiro atoms. The molecule has 2 heterocycles. The van der Waals surface area contributed by atoms with E-state index in [0.717, 1.165) is 18.8 Å². The smallest absolute Gasteiger partial charge is 0.274 e. The van der Waals surface area contributed by atoms with Gasteiger partial charge in [-0.15, -0.1) is 0 Å². The minimum Gasteiger partial charge on any atom is -0.335 e. The van der Waals surface area contributed by atoms with Crippen molar-refractivity contribution in [2.75, 3.05) is 20.1 Å². The third-order valence-electron chi connectivity index (χ3n) is 2.63. The predicted octanol–water partition coefficient (Wildman–Crippen LogP) is -0.171. The van der Waals surface area contributed by atoms with Crippen molar-refractivity contribution in [2.24, 2.45) is 0 Å². The number of nitrogens with one attached hydrogen (secondary N) is 1. The number of nitrogens with zero attached hydrogens (tertiary/aromatic N) is 3. The molecule has 1 amide bonds. The van der Waals surface area contributed by atoms with Gasteiger partial charge in [0.25, 0.3) is 5.91 Å². The molecule has 1 aliphatic heterocycles. The highest BCUT2D eigenvalue weighted by molar-refractivity contribution is 5.92. The SMILES string of the molecule is Cc1cnc(C(=O)N(C)C2CNC2)cn1. The van der Waals surface area contributed by atoms with E-state index in [1.165, 1.54) is 6.20 Å². The molecule has 1 aromatic rings. The first-order valence-electron chi connectivity index (χ1n) is 4.95. The number of aryl methyl sites for hydroxylation is 1. The molecule has 0 bridgehead atoms. The van der Waals surface area contributed by atoms with E-state index in [-0.39, 0.29) is 5.91 Å². The van der Waals surface area contributed by atoms with Crippen molar-refractivity contribution >= 4 is 5.91 Å². The second-order valence-corrected chi connectivity index (χ2v) is 3.77. The summed E-state index contributed by atoms with van der Waals surface area (Å²) in [7, 11) is 1.80. The number of likely N-dealkylation sites (N-methyl/N-ethyl adjacent to an activating group) is 1. The van der Waals surface area contributed by atoms with Gasteiger partial charge in [0, 0.05) is 26.3 Å². The van der Waals surface area contributed by atoms with Crippen LogP contribution in [0.15, 0.2) is 12.4 Å². The second kappa shape index (κ2) is 3.94. The standard InChI is InChI=1S/C10H14N4O/c1-7-3-13-9(6-12-7)10(15)14(2)8-4-11-5-8/h3,6,8,11H,4-5H2,1-2H3. The summed E-state index contributed by atoms with van der Waals surface area (Å²) in [6.07, 6.45) is 3.14. The number of rotatable bonds is 2. The Morgan fingerprint density at radius 3 is 2.67 bits per heavy atom. The van der Waals surface area contributed by atoms with Gasteiger partial charge in [-0.25, -0.2) is 4.98 Å². The molecule has 0 atom stereocenters. The van der Waals surface area contributed by atoms with Crippen molar-refractivity contribution in [2.45, 2.75) is 13.0 Å². The summed E-state index contributed by atoms with van der Waals surface area (Å²) in [5, 5.41) is 3.13. The second-order valence-electron chi connectivity index (χ2n) is 3.77. The van der Waals surface area contributed by atoms with Crippen molar-refractivity contribution in [3.8, 4) is 0 Å². The van der Waals surface area contributed by atoms with E-state index in [1.54, 1.807) is 18.1 Å². The van der Waals surface area contributed by atoms with E-state index in [4.69, 9.17) is 0 Å². The fraction of sp³-hybridized carbons (Fsp3) is 0.500. The average Bonchev–Trinajstić information content (AvgIpc) is 2.15. The van der Waals surface area contributed by atoms with E-state index >= 15 is 0 Å². The summed E-state index contributed by atoms with van der Waals surface area (Å²) in [5.74, 6) is -0.0611. The molecular weight excluding hydrogens is 192 g/mol. The molecule has 80 valence electrons. The van der Waals surface area contributed by atoms with Gasteiger partial charge in [0.2, 0.25) is 0 Å². The molecule has 0 saturated carbocycles. The minimum absolute atomic E-state index is 0.0611. The normalized spacial score (nSPS) is 15.9. The lowest BCUT2D eigenvalue weighted by Crippen LogP contribution is -2.57. The largest absolute Gasteiger partial charge is 0.335 e. The lowest BCUT2D eigenvalue weighted by molar-refractivity contribution is 0.0674. The Kier molecular flexibility index (Phi) is 2.64. The molecule has 1 fully saturated rings. The Hall–Kier alpha value is -1.49. The maximum atomic E-state index is 11.9. The molecule has 15 heavy (non-hydrogen) atoms. The van der Waals surface area contributed by atoms with E-state index in [1.807, 2.05) is 6.92 Å². The zero-order valence-electron chi connectivity index (χ0n) is 8.90. The number of hydrogen-bond acceptors (Lipinski definition) is 4. The fourth-order valence-electron chi connectivity index (χ4n) is 1.40. The van der Waals surface area contributed by atoms with Crippen LogP contribution in [0.1, 0.15) is 16.2 Å². The lowest BCUT2D eigenvalue weighted by atomic mass is 10.1. The summed E-state index contributed by atoms with van der Waals surface area (Å²) in [4.78, 5) is 21.7. The van der Waals surface area contributed by atoms with Crippen LogP contribution in [0.5, 0.6) is 0 Å². The Morgan fingerprint density at radius 1 is 1.47 bits per heavy atom. The van der Waals surface area contributed by atoms with Gasteiger partial charge >= 0.3 is 0 Å². The Labute approximate surface area is 88.5 Å². The van der Waals surface area contributed by atoms with Gasteiger partial charge in [0.05, 0.1) is 17.9 Å². The highest BCUT2D eigenvalue weighted by Gasteiger charge is 2.26. The van der Waals surface area contributed by atoms with Crippen molar-refractivity contribution in [3.63, 3.8) is 0 Å². The molecule has 1 N–H and O–H groups in total. The molecule has 0 unspecified atom stereocenters. The monoisotopic (exact) mass is 206 g/mol. The number of aromatic nitrogens is 2. The molecule has 5 nitrogen and oxygen atoms in total. The molecule has 1 aromatic heterocycles. The third-order valence-corrected chi connectivity index (χ3v) is 2.63. The predicted molar refractivity (Wildman–Crippen MR) is 55.5 cm³/mol. The summed E-state index contributed by atoms with van der Waals surface area (Å²) < 4.78 is 0. The van der Waals surface area contributed by atoms with Crippen LogP contribution in [0, 0.1) is 6.92 Å².